The normalized spacial score (nSPS) is 22.1. The van der Waals surface area contributed by atoms with E-state index >= 15 is 0 Å². The summed E-state index contributed by atoms with van der Waals surface area (Å²) in [6.45, 7) is 8.94. The molecule has 1 fully saturated rings. The average Bonchev–Trinajstić information content (AvgIpc) is 2.90. The highest BCUT2D eigenvalue weighted by Crippen LogP contribution is 2.18. The number of morpholine rings is 1. The van der Waals surface area contributed by atoms with Gasteiger partial charge in [-0.05, 0) is 43.9 Å². The Hall–Kier alpha value is -3.18. The largest absolute Gasteiger partial charge is 0.493 e. The maximum atomic E-state index is 13.2. The van der Waals surface area contributed by atoms with Crippen LogP contribution in [0.15, 0.2) is 24.3 Å². The van der Waals surface area contributed by atoms with Crippen molar-refractivity contribution in [3.8, 4) is 5.75 Å². The van der Waals surface area contributed by atoms with Gasteiger partial charge in [0.15, 0.2) is 0 Å². The Balaban J connectivity index is 1.71. The standard InChI is InChI=1S/C27H41N5O6/c1-19(2)17-21-26(35)29-10-6-14-38-23-8-4-3-7-20(23)25(34)31-22(18-24(33)30-21)27(36)28-9-5-11-32-12-15-37-16-13-32/h3-4,7-8,19,21-22H,5-6,9-18H2,1-2H3,(H,28,36)(H,29,35)(H,30,33)(H,31,34)/t21-,22+/m1/s1. The number of ether oxygens (including phenoxy) is 2. The highest BCUT2D eigenvalue weighted by Gasteiger charge is 2.28. The van der Waals surface area contributed by atoms with E-state index in [9.17, 15) is 19.2 Å². The van der Waals surface area contributed by atoms with Crippen molar-refractivity contribution in [1.29, 1.82) is 0 Å². The molecule has 2 aliphatic heterocycles. The molecule has 2 aliphatic rings. The Bertz CT molecular complexity index is 950. The zero-order chi connectivity index (χ0) is 27.3. The van der Waals surface area contributed by atoms with Crippen molar-refractivity contribution in [3.63, 3.8) is 0 Å². The predicted octanol–water partition coefficient (Wildman–Crippen LogP) is 0.443. The molecule has 0 radical (unpaired) electrons. The van der Waals surface area contributed by atoms with Crippen LogP contribution in [0, 0.1) is 5.92 Å². The first-order chi connectivity index (χ1) is 18.3. The van der Waals surface area contributed by atoms with Crippen LogP contribution < -0.4 is 26.0 Å². The number of nitrogens with one attached hydrogen (secondary N) is 4. The predicted molar refractivity (Wildman–Crippen MR) is 142 cm³/mol. The summed E-state index contributed by atoms with van der Waals surface area (Å²) in [4.78, 5) is 54.3. The quantitative estimate of drug-likeness (QED) is 0.375. The van der Waals surface area contributed by atoms with Gasteiger partial charge < -0.3 is 30.7 Å². The highest BCUT2D eigenvalue weighted by atomic mass is 16.5. The molecular weight excluding hydrogens is 490 g/mol. The van der Waals surface area contributed by atoms with Crippen LogP contribution in [0.5, 0.6) is 5.75 Å². The molecule has 210 valence electrons. The van der Waals surface area contributed by atoms with Crippen LogP contribution in [0.25, 0.3) is 0 Å². The maximum Gasteiger partial charge on any atom is 0.255 e. The zero-order valence-corrected chi connectivity index (χ0v) is 22.4. The zero-order valence-electron chi connectivity index (χ0n) is 22.4. The van der Waals surface area contributed by atoms with Crippen molar-refractivity contribution >= 4 is 23.6 Å². The molecule has 2 heterocycles. The summed E-state index contributed by atoms with van der Waals surface area (Å²) in [5.74, 6) is -1.20. The third kappa shape index (κ3) is 9.60. The molecule has 1 aromatic rings. The van der Waals surface area contributed by atoms with Gasteiger partial charge in [0.2, 0.25) is 17.7 Å². The second-order valence-electron chi connectivity index (χ2n) is 10.1. The average molecular weight is 532 g/mol. The minimum Gasteiger partial charge on any atom is -0.493 e. The molecule has 1 saturated heterocycles. The van der Waals surface area contributed by atoms with Crippen molar-refractivity contribution in [3.05, 3.63) is 29.8 Å². The second kappa shape index (κ2) is 15.3. The fourth-order valence-electron chi connectivity index (χ4n) is 4.42. The van der Waals surface area contributed by atoms with Gasteiger partial charge in [0, 0.05) is 26.2 Å². The molecule has 0 bridgehead atoms. The van der Waals surface area contributed by atoms with E-state index in [1.54, 1.807) is 24.3 Å². The molecule has 0 saturated carbocycles. The Morgan fingerprint density at radius 1 is 1.11 bits per heavy atom. The summed E-state index contributed by atoms with van der Waals surface area (Å²) in [5, 5.41) is 11.2. The summed E-state index contributed by atoms with van der Waals surface area (Å²) in [7, 11) is 0. The fraction of sp³-hybridized carbons (Fsp3) is 0.630. The van der Waals surface area contributed by atoms with Gasteiger partial charge in [-0.25, -0.2) is 0 Å². The first-order valence-electron chi connectivity index (χ1n) is 13.5. The minimum absolute atomic E-state index is 0.163. The summed E-state index contributed by atoms with van der Waals surface area (Å²) in [6, 6.07) is 4.90. The molecule has 4 N–H and O–H groups in total. The molecule has 1 aromatic carbocycles. The van der Waals surface area contributed by atoms with Gasteiger partial charge in [0.05, 0.1) is 31.8 Å². The van der Waals surface area contributed by atoms with Crippen LogP contribution in [0.3, 0.4) is 0 Å². The molecule has 0 aliphatic carbocycles. The first-order valence-corrected chi connectivity index (χ1v) is 13.5. The van der Waals surface area contributed by atoms with Gasteiger partial charge in [-0.15, -0.1) is 0 Å². The van der Waals surface area contributed by atoms with E-state index in [4.69, 9.17) is 9.47 Å². The smallest absolute Gasteiger partial charge is 0.255 e. The third-order valence-electron chi connectivity index (χ3n) is 6.43. The number of carbonyl (C=O) groups is 4. The van der Waals surface area contributed by atoms with Crippen molar-refractivity contribution in [1.82, 2.24) is 26.2 Å². The molecule has 2 atom stereocenters. The van der Waals surface area contributed by atoms with Crippen LogP contribution in [0.4, 0.5) is 0 Å². The number of hydrogen-bond donors (Lipinski definition) is 4. The van der Waals surface area contributed by atoms with Crippen LogP contribution in [0.1, 0.15) is 49.9 Å². The SMILES string of the molecule is CC(C)C[C@H]1NC(=O)C[C@@H](C(=O)NCCCN2CCOCC2)NC(=O)c2ccccc2OCCCNC1=O. The van der Waals surface area contributed by atoms with Crippen LogP contribution in [-0.2, 0) is 19.1 Å². The van der Waals surface area contributed by atoms with Crippen LogP contribution in [-0.4, -0.2) is 93.2 Å². The number of fused-ring (bicyclic) bond motifs is 1. The van der Waals surface area contributed by atoms with Gasteiger partial charge in [-0.1, -0.05) is 26.0 Å². The van der Waals surface area contributed by atoms with Crippen LogP contribution >= 0.6 is 0 Å². The van der Waals surface area contributed by atoms with E-state index in [-0.39, 0.29) is 23.8 Å². The molecular formula is C27H41N5O6. The number of hydrogen-bond acceptors (Lipinski definition) is 7. The Kier molecular flexibility index (Phi) is 11.8. The molecule has 0 unspecified atom stereocenters. The Morgan fingerprint density at radius 3 is 2.63 bits per heavy atom. The Labute approximate surface area is 224 Å². The topological polar surface area (TPSA) is 138 Å². The number of nitrogens with zero attached hydrogens (tertiary/aromatic N) is 1. The maximum absolute atomic E-state index is 13.2. The number of carbonyl (C=O) groups excluding carboxylic acids is 4. The molecule has 3 rings (SSSR count). The summed E-state index contributed by atoms with van der Waals surface area (Å²) in [5.41, 5.74) is 0.273. The van der Waals surface area contributed by atoms with Crippen molar-refractivity contribution in [2.75, 3.05) is 52.5 Å². The van der Waals surface area contributed by atoms with Crippen molar-refractivity contribution < 1.29 is 28.7 Å². The lowest BCUT2D eigenvalue weighted by molar-refractivity contribution is -0.131. The van der Waals surface area contributed by atoms with E-state index in [2.05, 4.69) is 26.2 Å². The lowest BCUT2D eigenvalue weighted by Crippen LogP contribution is -2.52. The first kappa shape index (κ1) is 29.4. The lowest BCUT2D eigenvalue weighted by atomic mass is 10.0. The van der Waals surface area contributed by atoms with E-state index in [0.717, 1.165) is 26.1 Å². The van der Waals surface area contributed by atoms with Crippen molar-refractivity contribution in [2.24, 2.45) is 5.92 Å². The number of para-hydroxylation sites is 1. The number of benzene rings is 1. The minimum atomic E-state index is -1.12. The van der Waals surface area contributed by atoms with Gasteiger partial charge in [-0.3, -0.25) is 24.1 Å². The molecule has 0 spiro atoms. The van der Waals surface area contributed by atoms with Gasteiger partial charge in [-0.2, -0.15) is 0 Å². The van der Waals surface area contributed by atoms with Crippen molar-refractivity contribution in [2.45, 2.75) is 51.6 Å². The second-order valence-corrected chi connectivity index (χ2v) is 10.1. The monoisotopic (exact) mass is 531 g/mol. The molecule has 0 aromatic heterocycles. The number of rotatable bonds is 7. The summed E-state index contributed by atoms with van der Waals surface area (Å²) < 4.78 is 11.2. The van der Waals surface area contributed by atoms with Gasteiger partial charge in [0.25, 0.3) is 5.91 Å². The third-order valence-corrected chi connectivity index (χ3v) is 6.43. The van der Waals surface area contributed by atoms with Gasteiger partial charge in [0.1, 0.15) is 17.8 Å². The van der Waals surface area contributed by atoms with Crippen LogP contribution in [0.2, 0.25) is 0 Å². The van der Waals surface area contributed by atoms with E-state index in [1.807, 2.05) is 13.8 Å². The molecule has 11 heteroatoms. The summed E-state index contributed by atoms with van der Waals surface area (Å²) >= 11 is 0. The van der Waals surface area contributed by atoms with E-state index < -0.39 is 29.8 Å². The lowest BCUT2D eigenvalue weighted by Gasteiger charge is -2.26. The van der Waals surface area contributed by atoms with E-state index in [0.29, 0.717) is 51.5 Å². The molecule has 4 amide bonds. The Morgan fingerprint density at radius 2 is 1.87 bits per heavy atom. The fourth-order valence-corrected chi connectivity index (χ4v) is 4.42. The summed E-state index contributed by atoms with van der Waals surface area (Å²) in [6.07, 6.45) is 1.40. The van der Waals surface area contributed by atoms with E-state index in [1.165, 1.54) is 0 Å². The highest BCUT2D eigenvalue weighted by molar-refractivity contribution is 6.01. The number of amides is 4. The molecule has 11 nitrogen and oxygen atoms in total. The molecule has 38 heavy (non-hydrogen) atoms. The van der Waals surface area contributed by atoms with Gasteiger partial charge >= 0.3 is 0 Å².